The molecule has 3 rings (SSSR count). The first-order chi connectivity index (χ1) is 13.4. The SMILES string of the molecule is Cc1nn(Cc2nnc(SCC(=O)Nc3ccccc3)n2C)c(C)c1[N+](=O)[O-]. The molecule has 0 fully saturated rings. The molecular formula is C17H19N7O3S. The molecule has 28 heavy (non-hydrogen) atoms. The minimum Gasteiger partial charge on any atom is -0.325 e. The Morgan fingerprint density at radius 2 is 1.96 bits per heavy atom. The van der Waals surface area contributed by atoms with Crippen molar-refractivity contribution < 1.29 is 9.72 Å². The number of rotatable bonds is 7. The predicted molar refractivity (Wildman–Crippen MR) is 104 cm³/mol. The molecule has 0 aliphatic carbocycles. The van der Waals surface area contributed by atoms with E-state index in [4.69, 9.17) is 0 Å². The number of benzene rings is 1. The standard InChI is InChI=1S/C17H19N7O3S/c1-11-16(24(26)27)12(2)23(21-11)9-14-19-20-17(22(14)3)28-10-15(25)18-13-7-5-4-6-8-13/h4-8H,9-10H2,1-3H3,(H,18,25). The molecule has 1 amide bonds. The highest BCUT2D eigenvalue weighted by molar-refractivity contribution is 7.99. The van der Waals surface area contributed by atoms with Gasteiger partial charge in [0.25, 0.3) is 0 Å². The third kappa shape index (κ3) is 4.19. The molecule has 1 N–H and O–H groups in total. The Balaban J connectivity index is 1.65. The van der Waals surface area contributed by atoms with Crippen LogP contribution in [0.4, 0.5) is 11.4 Å². The van der Waals surface area contributed by atoms with E-state index in [1.807, 2.05) is 30.3 Å². The van der Waals surface area contributed by atoms with Gasteiger partial charge in [0.2, 0.25) is 5.91 Å². The summed E-state index contributed by atoms with van der Waals surface area (Å²) >= 11 is 1.26. The minimum absolute atomic E-state index is 0.00866. The highest BCUT2D eigenvalue weighted by Crippen LogP contribution is 2.23. The molecule has 146 valence electrons. The Kier molecular flexibility index (Phi) is 5.73. The van der Waals surface area contributed by atoms with Gasteiger partial charge in [0.05, 0.1) is 10.7 Å². The van der Waals surface area contributed by atoms with Crippen molar-refractivity contribution in [2.24, 2.45) is 7.05 Å². The lowest BCUT2D eigenvalue weighted by Crippen LogP contribution is -2.14. The summed E-state index contributed by atoms with van der Waals surface area (Å²) in [6.07, 6.45) is 0. The average molecular weight is 401 g/mol. The van der Waals surface area contributed by atoms with E-state index in [0.29, 0.717) is 22.4 Å². The largest absolute Gasteiger partial charge is 0.325 e. The van der Waals surface area contributed by atoms with Crippen LogP contribution in [0.25, 0.3) is 0 Å². The van der Waals surface area contributed by atoms with E-state index >= 15 is 0 Å². The quantitative estimate of drug-likeness (QED) is 0.366. The fraction of sp³-hybridized carbons (Fsp3) is 0.294. The Labute approximate surface area is 165 Å². The fourth-order valence-electron chi connectivity index (χ4n) is 2.70. The minimum atomic E-state index is -0.433. The van der Waals surface area contributed by atoms with E-state index in [1.165, 1.54) is 16.4 Å². The molecule has 2 heterocycles. The van der Waals surface area contributed by atoms with Crippen molar-refractivity contribution in [3.8, 4) is 0 Å². The molecule has 1 aromatic carbocycles. The molecule has 11 heteroatoms. The van der Waals surface area contributed by atoms with Crippen LogP contribution in [0.1, 0.15) is 17.2 Å². The number of anilines is 1. The second-order valence-electron chi connectivity index (χ2n) is 6.09. The van der Waals surface area contributed by atoms with Crippen molar-refractivity contribution in [2.45, 2.75) is 25.5 Å². The van der Waals surface area contributed by atoms with Crippen molar-refractivity contribution in [3.05, 3.63) is 57.7 Å². The second kappa shape index (κ2) is 8.21. The third-order valence-electron chi connectivity index (χ3n) is 4.13. The number of amides is 1. The van der Waals surface area contributed by atoms with E-state index < -0.39 is 4.92 Å². The van der Waals surface area contributed by atoms with E-state index in [1.54, 1.807) is 25.5 Å². The molecule has 2 aromatic heterocycles. The van der Waals surface area contributed by atoms with Gasteiger partial charge in [-0.1, -0.05) is 30.0 Å². The van der Waals surface area contributed by atoms with E-state index in [-0.39, 0.29) is 23.9 Å². The first-order valence-corrected chi connectivity index (χ1v) is 9.39. The molecule has 10 nitrogen and oxygen atoms in total. The number of nitro groups is 1. The fourth-order valence-corrected chi connectivity index (χ4v) is 3.43. The molecule has 0 spiro atoms. The maximum atomic E-state index is 12.1. The van der Waals surface area contributed by atoms with Gasteiger partial charge in [0.15, 0.2) is 11.0 Å². The number of para-hydroxylation sites is 1. The van der Waals surface area contributed by atoms with Crippen molar-refractivity contribution in [2.75, 3.05) is 11.1 Å². The lowest BCUT2D eigenvalue weighted by molar-refractivity contribution is -0.386. The summed E-state index contributed by atoms with van der Waals surface area (Å²) in [5.41, 5.74) is 1.56. The number of thioether (sulfide) groups is 1. The number of aryl methyl sites for hydroxylation is 1. The topological polar surface area (TPSA) is 121 Å². The molecule has 0 bridgehead atoms. The van der Waals surface area contributed by atoms with E-state index in [2.05, 4.69) is 20.6 Å². The van der Waals surface area contributed by atoms with Crippen molar-refractivity contribution in [3.63, 3.8) is 0 Å². The van der Waals surface area contributed by atoms with Crippen LogP contribution < -0.4 is 5.32 Å². The van der Waals surface area contributed by atoms with Crippen molar-refractivity contribution >= 4 is 29.0 Å². The van der Waals surface area contributed by atoms with Gasteiger partial charge in [0.1, 0.15) is 17.9 Å². The Hall–Kier alpha value is -3.21. The summed E-state index contributed by atoms with van der Waals surface area (Å²) in [6.45, 7) is 3.50. The highest BCUT2D eigenvalue weighted by Gasteiger charge is 2.23. The average Bonchev–Trinajstić information content (AvgIpc) is 3.13. The molecule has 3 aromatic rings. The molecule has 0 atom stereocenters. The molecular weight excluding hydrogens is 382 g/mol. The first kappa shape index (κ1) is 19.5. The van der Waals surface area contributed by atoms with Gasteiger partial charge < -0.3 is 9.88 Å². The van der Waals surface area contributed by atoms with Crippen LogP contribution in [-0.4, -0.2) is 41.1 Å². The Bertz CT molecular complexity index is 1010. The van der Waals surface area contributed by atoms with Crippen LogP contribution in [0.5, 0.6) is 0 Å². The van der Waals surface area contributed by atoms with Gasteiger partial charge in [-0.15, -0.1) is 10.2 Å². The zero-order chi connectivity index (χ0) is 20.3. The van der Waals surface area contributed by atoms with Crippen LogP contribution >= 0.6 is 11.8 Å². The van der Waals surface area contributed by atoms with E-state index in [0.717, 1.165) is 5.69 Å². The summed E-state index contributed by atoms with van der Waals surface area (Å²) in [6, 6.07) is 9.21. The second-order valence-corrected chi connectivity index (χ2v) is 7.04. The lowest BCUT2D eigenvalue weighted by Gasteiger charge is -2.06. The summed E-state index contributed by atoms with van der Waals surface area (Å²) < 4.78 is 3.29. The van der Waals surface area contributed by atoms with Gasteiger partial charge in [-0.2, -0.15) is 5.10 Å². The maximum Gasteiger partial charge on any atom is 0.312 e. The first-order valence-electron chi connectivity index (χ1n) is 8.41. The monoisotopic (exact) mass is 401 g/mol. The van der Waals surface area contributed by atoms with Crippen LogP contribution in [0.15, 0.2) is 35.5 Å². The van der Waals surface area contributed by atoms with Crippen molar-refractivity contribution in [1.82, 2.24) is 24.5 Å². The number of nitrogens with one attached hydrogen (secondary N) is 1. The summed E-state index contributed by atoms with van der Waals surface area (Å²) in [5, 5.41) is 27.0. The normalized spacial score (nSPS) is 10.8. The number of nitrogens with zero attached hydrogens (tertiary/aromatic N) is 6. The van der Waals surface area contributed by atoms with Crippen molar-refractivity contribution in [1.29, 1.82) is 0 Å². The zero-order valence-electron chi connectivity index (χ0n) is 15.6. The van der Waals surface area contributed by atoms with Crippen LogP contribution in [0.3, 0.4) is 0 Å². The highest BCUT2D eigenvalue weighted by atomic mass is 32.2. The number of carbonyl (C=O) groups is 1. The van der Waals surface area contributed by atoms with E-state index in [9.17, 15) is 14.9 Å². The number of hydrogen-bond acceptors (Lipinski definition) is 7. The Morgan fingerprint density at radius 1 is 1.25 bits per heavy atom. The number of aromatic nitrogens is 5. The zero-order valence-corrected chi connectivity index (χ0v) is 16.4. The molecule has 0 radical (unpaired) electrons. The third-order valence-corrected chi connectivity index (χ3v) is 5.15. The van der Waals surface area contributed by atoms with Crippen LogP contribution in [0.2, 0.25) is 0 Å². The van der Waals surface area contributed by atoms with Crippen LogP contribution in [-0.2, 0) is 18.4 Å². The van der Waals surface area contributed by atoms with Gasteiger partial charge in [0, 0.05) is 12.7 Å². The van der Waals surface area contributed by atoms with Gasteiger partial charge >= 0.3 is 5.69 Å². The summed E-state index contributed by atoms with van der Waals surface area (Å²) in [5.74, 6) is 0.632. The molecule has 0 saturated carbocycles. The smallest absolute Gasteiger partial charge is 0.312 e. The summed E-state index contributed by atoms with van der Waals surface area (Å²) in [7, 11) is 1.78. The molecule has 0 aliphatic rings. The molecule has 0 unspecified atom stereocenters. The predicted octanol–water partition coefficient (Wildman–Crippen LogP) is 2.32. The Morgan fingerprint density at radius 3 is 2.61 bits per heavy atom. The lowest BCUT2D eigenvalue weighted by atomic mass is 10.3. The maximum absolute atomic E-state index is 12.1. The summed E-state index contributed by atoms with van der Waals surface area (Å²) in [4.78, 5) is 22.8. The van der Waals surface area contributed by atoms with Gasteiger partial charge in [-0.3, -0.25) is 19.6 Å². The number of hydrogen-bond donors (Lipinski definition) is 1. The van der Waals surface area contributed by atoms with Gasteiger partial charge in [-0.25, -0.2) is 0 Å². The van der Waals surface area contributed by atoms with Gasteiger partial charge in [-0.05, 0) is 26.0 Å². The number of carbonyl (C=O) groups excluding carboxylic acids is 1. The molecule has 0 saturated heterocycles. The van der Waals surface area contributed by atoms with Crippen LogP contribution in [0, 0.1) is 24.0 Å². The molecule has 0 aliphatic heterocycles.